The van der Waals surface area contributed by atoms with Crippen molar-refractivity contribution in [1.82, 2.24) is 10.6 Å². The Labute approximate surface area is 135 Å². The van der Waals surface area contributed by atoms with Crippen molar-refractivity contribution in [3.8, 4) is 0 Å². The molecule has 0 bridgehead atoms. The van der Waals surface area contributed by atoms with E-state index in [9.17, 15) is 14.7 Å². The standard InChI is InChI=1S/C18H20N2O3/c1-13(15-10-6-3-7-11-15)19-18(23)20-16(17(21)22)12-14-8-4-2-5-9-14/h2-11,13,16H,12H2,1H3,(H,21,22)(H2,19,20,23)/p-1/t13-,16+/m1/s1. The van der Waals surface area contributed by atoms with Gasteiger partial charge in [-0.25, -0.2) is 4.79 Å². The molecule has 2 rings (SSSR count). The van der Waals surface area contributed by atoms with Crippen LogP contribution in [0.3, 0.4) is 0 Å². The highest BCUT2D eigenvalue weighted by Crippen LogP contribution is 2.11. The van der Waals surface area contributed by atoms with Crippen molar-refractivity contribution in [2.24, 2.45) is 0 Å². The van der Waals surface area contributed by atoms with E-state index in [0.29, 0.717) is 0 Å². The lowest BCUT2D eigenvalue weighted by atomic mass is 10.1. The van der Waals surface area contributed by atoms with Gasteiger partial charge in [0.15, 0.2) is 0 Å². The number of aliphatic carboxylic acids is 1. The largest absolute Gasteiger partial charge is 0.548 e. The second kappa shape index (κ2) is 7.98. The van der Waals surface area contributed by atoms with E-state index in [1.165, 1.54) is 0 Å². The average molecular weight is 311 g/mol. The molecule has 0 aliphatic rings. The van der Waals surface area contributed by atoms with Gasteiger partial charge >= 0.3 is 6.03 Å². The second-order valence-corrected chi connectivity index (χ2v) is 5.31. The van der Waals surface area contributed by atoms with Gasteiger partial charge in [0.05, 0.1) is 18.1 Å². The molecule has 0 unspecified atom stereocenters. The lowest BCUT2D eigenvalue weighted by Gasteiger charge is -2.22. The molecular formula is C18H19N2O3-. The Morgan fingerprint density at radius 3 is 2.09 bits per heavy atom. The predicted octanol–water partition coefficient (Wildman–Crippen LogP) is 1.41. The molecule has 0 aliphatic carbocycles. The molecule has 2 aromatic carbocycles. The van der Waals surface area contributed by atoms with Gasteiger partial charge in [-0.2, -0.15) is 0 Å². The van der Waals surface area contributed by atoms with Gasteiger partial charge in [0.2, 0.25) is 0 Å². The van der Waals surface area contributed by atoms with Crippen LogP contribution in [0.5, 0.6) is 0 Å². The fourth-order valence-corrected chi connectivity index (χ4v) is 2.26. The van der Waals surface area contributed by atoms with Gasteiger partial charge in [-0.3, -0.25) is 0 Å². The SMILES string of the molecule is C[C@@H](NC(=O)N[C@@H](Cc1ccccc1)C(=O)[O-])c1ccccc1. The Bertz CT molecular complexity index is 644. The van der Waals surface area contributed by atoms with E-state index in [0.717, 1.165) is 11.1 Å². The van der Waals surface area contributed by atoms with Crippen molar-refractivity contribution in [2.45, 2.75) is 25.4 Å². The van der Waals surface area contributed by atoms with Crippen LogP contribution in [-0.4, -0.2) is 18.0 Å². The third-order valence-corrected chi connectivity index (χ3v) is 3.52. The van der Waals surface area contributed by atoms with Gasteiger partial charge in [0.25, 0.3) is 0 Å². The number of carbonyl (C=O) groups excluding carboxylic acids is 2. The molecule has 0 fully saturated rings. The summed E-state index contributed by atoms with van der Waals surface area (Å²) in [5.74, 6) is -1.31. The summed E-state index contributed by atoms with van der Waals surface area (Å²) < 4.78 is 0. The van der Waals surface area contributed by atoms with E-state index >= 15 is 0 Å². The van der Waals surface area contributed by atoms with Crippen LogP contribution in [0.1, 0.15) is 24.1 Å². The van der Waals surface area contributed by atoms with E-state index in [2.05, 4.69) is 10.6 Å². The van der Waals surface area contributed by atoms with E-state index in [1.54, 1.807) is 0 Å². The first-order valence-electron chi connectivity index (χ1n) is 7.43. The molecule has 2 atom stereocenters. The minimum Gasteiger partial charge on any atom is -0.548 e. The Balaban J connectivity index is 1.94. The van der Waals surface area contributed by atoms with Crippen molar-refractivity contribution in [2.75, 3.05) is 0 Å². The van der Waals surface area contributed by atoms with Crippen LogP contribution in [0.4, 0.5) is 4.79 Å². The molecular weight excluding hydrogens is 292 g/mol. The predicted molar refractivity (Wildman–Crippen MR) is 85.5 cm³/mol. The number of hydrogen-bond acceptors (Lipinski definition) is 3. The molecule has 0 heterocycles. The first-order valence-corrected chi connectivity index (χ1v) is 7.43. The summed E-state index contributed by atoms with van der Waals surface area (Å²) in [5, 5.41) is 16.4. The maximum atomic E-state index is 12.0. The summed E-state index contributed by atoms with van der Waals surface area (Å²) in [5.41, 5.74) is 1.76. The number of carboxylic acids is 1. The van der Waals surface area contributed by atoms with Gasteiger partial charge in [0, 0.05) is 0 Å². The van der Waals surface area contributed by atoms with Crippen LogP contribution in [0.2, 0.25) is 0 Å². The van der Waals surface area contributed by atoms with Gasteiger partial charge < -0.3 is 20.5 Å². The summed E-state index contributed by atoms with van der Waals surface area (Å²) in [7, 11) is 0. The minimum absolute atomic E-state index is 0.177. The highest BCUT2D eigenvalue weighted by Gasteiger charge is 2.16. The molecule has 5 heteroatoms. The number of nitrogens with one attached hydrogen (secondary N) is 2. The number of hydrogen-bond donors (Lipinski definition) is 2. The zero-order chi connectivity index (χ0) is 16.7. The summed E-state index contributed by atoms with van der Waals surface area (Å²) in [4.78, 5) is 23.3. The van der Waals surface area contributed by atoms with Crippen LogP contribution < -0.4 is 15.7 Å². The lowest BCUT2D eigenvalue weighted by molar-refractivity contribution is -0.308. The first-order chi connectivity index (χ1) is 11.1. The van der Waals surface area contributed by atoms with Crippen molar-refractivity contribution in [3.63, 3.8) is 0 Å². The zero-order valence-electron chi connectivity index (χ0n) is 12.9. The first kappa shape index (κ1) is 16.5. The molecule has 0 radical (unpaired) electrons. The van der Waals surface area contributed by atoms with Crippen molar-refractivity contribution in [3.05, 3.63) is 71.8 Å². The molecule has 0 spiro atoms. The average Bonchev–Trinajstić information content (AvgIpc) is 2.56. The van der Waals surface area contributed by atoms with Gasteiger partial charge in [0.1, 0.15) is 0 Å². The van der Waals surface area contributed by atoms with Gasteiger partial charge in [-0.15, -0.1) is 0 Å². The molecule has 0 aliphatic heterocycles. The van der Waals surface area contributed by atoms with Crippen molar-refractivity contribution in [1.29, 1.82) is 0 Å². The van der Waals surface area contributed by atoms with E-state index in [4.69, 9.17) is 0 Å². The van der Waals surface area contributed by atoms with Crippen molar-refractivity contribution < 1.29 is 14.7 Å². The molecule has 0 aromatic heterocycles. The summed E-state index contributed by atoms with van der Waals surface area (Å²) in [6, 6.07) is 16.7. The zero-order valence-corrected chi connectivity index (χ0v) is 12.9. The molecule has 2 N–H and O–H groups in total. The molecule has 2 aromatic rings. The smallest absolute Gasteiger partial charge is 0.315 e. The van der Waals surface area contributed by atoms with Crippen LogP contribution >= 0.6 is 0 Å². The van der Waals surface area contributed by atoms with Crippen LogP contribution in [0.15, 0.2) is 60.7 Å². The number of carboxylic acid groups (broad SMARTS) is 1. The van der Waals surface area contributed by atoms with E-state index < -0.39 is 18.0 Å². The number of carbonyl (C=O) groups is 2. The number of benzene rings is 2. The Hall–Kier alpha value is -2.82. The molecule has 5 nitrogen and oxygen atoms in total. The monoisotopic (exact) mass is 311 g/mol. The molecule has 2 amide bonds. The summed E-state index contributed by atoms with van der Waals surface area (Å²) >= 11 is 0. The van der Waals surface area contributed by atoms with Crippen LogP contribution in [0, 0.1) is 0 Å². The van der Waals surface area contributed by atoms with E-state index in [-0.39, 0.29) is 12.5 Å². The Morgan fingerprint density at radius 1 is 0.957 bits per heavy atom. The van der Waals surface area contributed by atoms with Gasteiger partial charge in [-0.05, 0) is 24.5 Å². The normalized spacial score (nSPS) is 12.9. The highest BCUT2D eigenvalue weighted by molar-refractivity contribution is 5.82. The number of urea groups is 1. The number of amides is 2. The fourth-order valence-electron chi connectivity index (χ4n) is 2.26. The molecule has 0 saturated carbocycles. The van der Waals surface area contributed by atoms with Crippen molar-refractivity contribution >= 4 is 12.0 Å². The maximum absolute atomic E-state index is 12.0. The second-order valence-electron chi connectivity index (χ2n) is 5.31. The van der Waals surface area contributed by atoms with Crippen LogP contribution in [0.25, 0.3) is 0 Å². The third kappa shape index (κ3) is 5.14. The topological polar surface area (TPSA) is 81.3 Å². The molecule has 0 saturated heterocycles. The van der Waals surface area contributed by atoms with Gasteiger partial charge in [-0.1, -0.05) is 60.7 Å². The third-order valence-electron chi connectivity index (χ3n) is 3.52. The molecule has 120 valence electrons. The number of rotatable bonds is 6. The maximum Gasteiger partial charge on any atom is 0.315 e. The molecule has 23 heavy (non-hydrogen) atoms. The summed E-state index contributed by atoms with van der Waals surface area (Å²) in [6.45, 7) is 1.83. The minimum atomic E-state index is -1.31. The fraction of sp³-hybridized carbons (Fsp3) is 0.222. The lowest BCUT2D eigenvalue weighted by Crippen LogP contribution is -2.52. The summed E-state index contributed by atoms with van der Waals surface area (Å²) in [6.07, 6.45) is 0.177. The highest BCUT2D eigenvalue weighted by atomic mass is 16.4. The van der Waals surface area contributed by atoms with E-state index in [1.807, 2.05) is 67.6 Å². The quantitative estimate of drug-likeness (QED) is 0.846. The Kier molecular flexibility index (Phi) is 5.74. The van der Waals surface area contributed by atoms with Crippen LogP contribution in [-0.2, 0) is 11.2 Å². The Morgan fingerprint density at radius 2 is 1.52 bits per heavy atom.